The zero-order valence-corrected chi connectivity index (χ0v) is 31.7. The van der Waals surface area contributed by atoms with Crippen LogP contribution in [-0.2, 0) is 0 Å². The molecule has 0 amide bonds. The van der Waals surface area contributed by atoms with Gasteiger partial charge in [-0.25, -0.2) is 0 Å². The molecule has 0 aliphatic heterocycles. The van der Waals surface area contributed by atoms with Gasteiger partial charge in [-0.1, -0.05) is 127 Å². The molecule has 58 heavy (non-hydrogen) atoms. The van der Waals surface area contributed by atoms with E-state index in [4.69, 9.17) is 0 Å². The molecular weight excluding hydrogens is 705 g/mol. The standard InChI is InChI=1S/C54H38N4/c1-5-18-39(19-6-1)55(40-20-7-2-8-21-40)45-32-34-49-47-28-13-15-30-51(47)57(53(49)37-45)43-26-17-27-44(36-43)58-52-31-16-14-29-48(52)50-35-33-46(38-54(50)58)56(41-22-9-3-10-23-41)42-24-11-4-12-25-42/h1-38H. The fourth-order valence-electron chi connectivity index (χ4n) is 8.73. The second kappa shape index (κ2) is 14.0. The lowest BCUT2D eigenvalue weighted by molar-refractivity contribution is 1.13. The summed E-state index contributed by atoms with van der Waals surface area (Å²) in [6, 6.07) is 82.8. The Morgan fingerprint density at radius 2 is 0.552 bits per heavy atom. The first kappa shape index (κ1) is 33.5. The molecule has 0 spiro atoms. The number of para-hydroxylation sites is 6. The monoisotopic (exact) mass is 742 g/mol. The number of hydrogen-bond acceptors (Lipinski definition) is 2. The number of rotatable bonds is 8. The van der Waals surface area contributed by atoms with Crippen LogP contribution in [0.5, 0.6) is 0 Å². The molecule has 2 aromatic heterocycles. The summed E-state index contributed by atoms with van der Waals surface area (Å²) >= 11 is 0. The molecule has 0 N–H and O–H groups in total. The van der Waals surface area contributed by atoms with Gasteiger partial charge in [0.1, 0.15) is 0 Å². The molecule has 9 aromatic carbocycles. The van der Waals surface area contributed by atoms with Crippen LogP contribution in [0.2, 0.25) is 0 Å². The molecule has 0 saturated carbocycles. The molecule has 4 heteroatoms. The van der Waals surface area contributed by atoms with Crippen LogP contribution in [0.3, 0.4) is 0 Å². The molecule has 0 atom stereocenters. The molecule has 0 aliphatic rings. The third kappa shape index (κ3) is 5.62. The van der Waals surface area contributed by atoms with E-state index in [1.165, 1.54) is 32.6 Å². The highest BCUT2D eigenvalue weighted by atomic mass is 15.2. The van der Waals surface area contributed by atoms with Gasteiger partial charge in [-0.3, -0.25) is 0 Å². The third-order valence-corrected chi connectivity index (χ3v) is 11.2. The van der Waals surface area contributed by atoms with Crippen molar-refractivity contribution in [3.05, 3.63) is 231 Å². The molecule has 4 nitrogen and oxygen atoms in total. The summed E-state index contributed by atoms with van der Waals surface area (Å²) in [7, 11) is 0. The average Bonchev–Trinajstić information content (AvgIpc) is 3.80. The van der Waals surface area contributed by atoms with Crippen LogP contribution in [0.25, 0.3) is 55.0 Å². The molecule has 11 aromatic rings. The number of anilines is 6. The summed E-state index contributed by atoms with van der Waals surface area (Å²) in [5.41, 5.74) is 13.5. The third-order valence-electron chi connectivity index (χ3n) is 11.2. The molecule has 0 unspecified atom stereocenters. The second-order valence-corrected chi connectivity index (χ2v) is 14.6. The summed E-state index contributed by atoms with van der Waals surface area (Å²) in [6.07, 6.45) is 0. The Labute approximate surface area is 337 Å². The van der Waals surface area contributed by atoms with Crippen molar-refractivity contribution < 1.29 is 0 Å². The fourth-order valence-corrected chi connectivity index (χ4v) is 8.73. The normalized spacial score (nSPS) is 11.4. The van der Waals surface area contributed by atoms with Crippen molar-refractivity contribution >= 4 is 77.7 Å². The van der Waals surface area contributed by atoms with Gasteiger partial charge >= 0.3 is 0 Å². The molecule has 2 heterocycles. The van der Waals surface area contributed by atoms with E-state index in [0.29, 0.717) is 0 Å². The van der Waals surface area contributed by atoms with Gasteiger partial charge in [0.15, 0.2) is 0 Å². The van der Waals surface area contributed by atoms with E-state index in [1.54, 1.807) is 0 Å². The smallest absolute Gasteiger partial charge is 0.0561 e. The first-order chi connectivity index (χ1) is 28.8. The van der Waals surface area contributed by atoms with Gasteiger partial charge in [-0.2, -0.15) is 0 Å². The SMILES string of the molecule is c1ccc(N(c2ccccc2)c2ccc3c4ccccc4n(-c4cccc(-n5c6ccccc6c6ccc(N(c7ccccc7)c7ccccc7)cc65)c4)c3c2)cc1. The molecule has 274 valence electrons. The lowest BCUT2D eigenvalue weighted by Crippen LogP contribution is -2.10. The number of hydrogen-bond donors (Lipinski definition) is 0. The molecule has 0 fully saturated rings. The van der Waals surface area contributed by atoms with E-state index >= 15 is 0 Å². The maximum atomic E-state index is 2.43. The van der Waals surface area contributed by atoms with Crippen LogP contribution in [-0.4, -0.2) is 9.13 Å². The topological polar surface area (TPSA) is 16.3 Å². The minimum absolute atomic E-state index is 1.10. The van der Waals surface area contributed by atoms with E-state index < -0.39 is 0 Å². The predicted molar refractivity (Wildman–Crippen MR) is 244 cm³/mol. The highest BCUT2D eigenvalue weighted by Crippen LogP contribution is 2.42. The second-order valence-electron chi connectivity index (χ2n) is 14.6. The summed E-state index contributed by atoms with van der Waals surface area (Å²) < 4.78 is 4.86. The van der Waals surface area contributed by atoms with Crippen molar-refractivity contribution in [1.82, 2.24) is 9.13 Å². The van der Waals surface area contributed by atoms with E-state index in [0.717, 1.165) is 56.5 Å². The van der Waals surface area contributed by atoms with E-state index in [-0.39, 0.29) is 0 Å². The van der Waals surface area contributed by atoms with Crippen LogP contribution < -0.4 is 9.80 Å². The van der Waals surface area contributed by atoms with Gasteiger partial charge in [0.2, 0.25) is 0 Å². The minimum atomic E-state index is 1.10. The molecule has 0 aliphatic carbocycles. The zero-order valence-electron chi connectivity index (χ0n) is 31.7. The summed E-state index contributed by atoms with van der Waals surface area (Å²) in [6.45, 7) is 0. The largest absolute Gasteiger partial charge is 0.310 e. The van der Waals surface area contributed by atoms with Crippen molar-refractivity contribution in [3.8, 4) is 11.4 Å². The Kier molecular flexibility index (Phi) is 8.11. The van der Waals surface area contributed by atoms with Gasteiger partial charge in [-0.05, 0) is 103 Å². The Morgan fingerprint density at radius 1 is 0.224 bits per heavy atom. The van der Waals surface area contributed by atoms with Crippen LogP contribution >= 0.6 is 0 Å². The van der Waals surface area contributed by atoms with Crippen molar-refractivity contribution in [2.75, 3.05) is 9.80 Å². The Hall–Kier alpha value is -7.82. The first-order valence-corrected chi connectivity index (χ1v) is 19.8. The fraction of sp³-hybridized carbons (Fsp3) is 0. The quantitative estimate of drug-likeness (QED) is 0.154. The van der Waals surface area contributed by atoms with Crippen molar-refractivity contribution in [2.45, 2.75) is 0 Å². The summed E-state index contributed by atoms with van der Waals surface area (Å²) in [5, 5.41) is 4.89. The molecular formula is C54H38N4. The lowest BCUT2D eigenvalue weighted by atomic mass is 10.1. The van der Waals surface area contributed by atoms with Crippen LogP contribution in [0, 0.1) is 0 Å². The molecule has 0 bridgehead atoms. The van der Waals surface area contributed by atoms with E-state index in [9.17, 15) is 0 Å². The number of benzene rings is 9. The zero-order chi connectivity index (χ0) is 38.4. The molecule has 0 radical (unpaired) electrons. The maximum absolute atomic E-state index is 2.43. The summed E-state index contributed by atoms with van der Waals surface area (Å²) in [4.78, 5) is 4.67. The Balaban J connectivity index is 1.12. The summed E-state index contributed by atoms with van der Waals surface area (Å²) in [5.74, 6) is 0. The molecule has 0 saturated heterocycles. The van der Waals surface area contributed by atoms with Gasteiger partial charge in [0.25, 0.3) is 0 Å². The van der Waals surface area contributed by atoms with E-state index in [2.05, 4.69) is 249 Å². The number of nitrogens with zero attached hydrogens (tertiary/aromatic N) is 4. The average molecular weight is 743 g/mol. The van der Waals surface area contributed by atoms with E-state index in [1.807, 2.05) is 0 Å². The molecule has 11 rings (SSSR count). The maximum Gasteiger partial charge on any atom is 0.0561 e. The Morgan fingerprint density at radius 3 is 0.931 bits per heavy atom. The van der Waals surface area contributed by atoms with Gasteiger partial charge in [0.05, 0.1) is 22.1 Å². The van der Waals surface area contributed by atoms with Crippen LogP contribution in [0.1, 0.15) is 0 Å². The van der Waals surface area contributed by atoms with Crippen LogP contribution in [0.15, 0.2) is 231 Å². The number of fused-ring (bicyclic) bond motifs is 6. The predicted octanol–water partition coefficient (Wildman–Crippen LogP) is 14.8. The number of aromatic nitrogens is 2. The van der Waals surface area contributed by atoms with Crippen molar-refractivity contribution in [3.63, 3.8) is 0 Å². The van der Waals surface area contributed by atoms with Crippen molar-refractivity contribution in [2.24, 2.45) is 0 Å². The van der Waals surface area contributed by atoms with Gasteiger partial charge in [0, 0.05) is 67.0 Å². The van der Waals surface area contributed by atoms with Crippen LogP contribution in [0.4, 0.5) is 34.1 Å². The van der Waals surface area contributed by atoms with Gasteiger partial charge in [-0.15, -0.1) is 0 Å². The minimum Gasteiger partial charge on any atom is -0.310 e. The van der Waals surface area contributed by atoms with Crippen molar-refractivity contribution in [1.29, 1.82) is 0 Å². The highest BCUT2D eigenvalue weighted by molar-refractivity contribution is 6.12. The first-order valence-electron chi connectivity index (χ1n) is 19.8. The highest BCUT2D eigenvalue weighted by Gasteiger charge is 2.20. The Bertz CT molecular complexity index is 2930. The lowest BCUT2D eigenvalue weighted by Gasteiger charge is -2.25. The van der Waals surface area contributed by atoms with Gasteiger partial charge < -0.3 is 18.9 Å².